The zero-order valence-corrected chi connectivity index (χ0v) is 13.7. The zero-order valence-electron chi connectivity index (χ0n) is 12.1. The molecule has 0 aliphatic rings. The van der Waals surface area contributed by atoms with E-state index in [0.29, 0.717) is 28.4 Å². The van der Waals surface area contributed by atoms with E-state index in [0.717, 1.165) is 5.56 Å². The van der Waals surface area contributed by atoms with Gasteiger partial charge in [-0.1, -0.05) is 29.8 Å². The first-order chi connectivity index (χ1) is 10.6. The standard InChI is InChI=1S/C14H15ClN4O2S/c1-20-11-7-12(21-2)18-13(17-11)19-14(22)16-8-9-5-3-4-6-10(9)15/h3-7H,8H2,1-2H3,(H2,16,17,18,19,22). The molecule has 22 heavy (non-hydrogen) atoms. The molecular weight excluding hydrogens is 324 g/mol. The maximum Gasteiger partial charge on any atom is 0.235 e. The number of benzene rings is 1. The van der Waals surface area contributed by atoms with Gasteiger partial charge in [-0.05, 0) is 23.8 Å². The molecule has 0 amide bonds. The first-order valence-corrected chi connectivity index (χ1v) is 7.16. The Morgan fingerprint density at radius 3 is 2.41 bits per heavy atom. The number of rotatable bonds is 5. The van der Waals surface area contributed by atoms with E-state index >= 15 is 0 Å². The molecular formula is C14H15ClN4O2S. The molecule has 1 aromatic heterocycles. The summed E-state index contributed by atoms with van der Waals surface area (Å²) in [5.41, 5.74) is 0.942. The van der Waals surface area contributed by atoms with Gasteiger partial charge in [0, 0.05) is 11.6 Å². The Balaban J connectivity index is 1.98. The van der Waals surface area contributed by atoms with Crippen LogP contribution < -0.4 is 20.1 Å². The summed E-state index contributed by atoms with van der Waals surface area (Å²) in [5.74, 6) is 1.04. The number of halogens is 1. The van der Waals surface area contributed by atoms with E-state index in [4.69, 9.17) is 33.3 Å². The van der Waals surface area contributed by atoms with Crippen LogP contribution in [-0.4, -0.2) is 29.3 Å². The van der Waals surface area contributed by atoms with Crippen molar-refractivity contribution in [3.05, 3.63) is 40.9 Å². The van der Waals surface area contributed by atoms with Crippen molar-refractivity contribution in [2.45, 2.75) is 6.54 Å². The molecule has 116 valence electrons. The number of aromatic nitrogens is 2. The van der Waals surface area contributed by atoms with Crippen LogP contribution in [0.25, 0.3) is 0 Å². The number of ether oxygens (including phenoxy) is 2. The second kappa shape index (κ2) is 7.77. The molecule has 0 spiro atoms. The highest BCUT2D eigenvalue weighted by atomic mass is 35.5. The number of nitrogens with one attached hydrogen (secondary N) is 2. The van der Waals surface area contributed by atoms with Crippen molar-refractivity contribution < 1.29 is 9.47 Å². The highest BCUT2D eigenvalue weighted by molar-refractivity contribution is 7.80. The molecule has 2 aromatic rings. The Morgan fingerprint density at radius 2 is 1.82 bits per heavy atom. The number of nitrogens with zero attached hydrogens (tertiary/aromatic N) is 2. The molecule has 0 aliphatic heterocycles. The third-order valence-electron chi connectivity index (χ3n) is 2.72. The summed E-state index contributed by atoms with van der Waals surface area (Å²) < 4.78 is 10.1. The fourth-order valence-corrected chi connectivity index (χ4v) is 2.00. The quantitative estimate of drug-likeness (QED) is 0.812. The molecule has 0 aliphatic carbocycles. The number of thiocarbonyl (C=S) groups is 1. The van der Waals surface area contributed by atoms with Crippen molar-refractivity contribution in [2.24, 2.45) is 0 Å². The molecule has 1 aromatic carbocycles. The molecule has 1 heterocycles. The van der Waals surface area contributed by atoms with Crippen LogP contribution in [0.2, 0.25) is 5.02 Å². The summed E-state index contributed by atoms with van der Waals surface area (Å²) in [5, 5.41) is 6.96. The van der Waals surface area contributed by atoms with Crippen LogP contribution in [0.4, 0.5) is 5.95 Å². The van der Waals surface area contributed by atoms with Gasteiger partial charge in [0.05, 0.1) is 20.3 Å². The van der Waals surface area contributed by atoms with Crippen molar-refractivity contribution in [1.29, 1.82) is 0 Å². The first kappa shape index (κ1) is 16.3. The van der Waals surface area contributed by atoms with Gasteiger partial charge < -0.3 is 20.1 Å². The Labute approximate surface area is 138 Å². The van der Waals surface area contributed by atoms with Gasteiger partial charge in [0.15, 0.2) is 5.11 Å². The van der Waals surface area contributed by atoms with Crippen molar-refractivity contribution in [1.82, 2.24) is 15.3 Å². The summed E-state index contributed by atoms with van der Waals surface area (Å²) in [6.07, 6.45) is 0. The third-order valence-corrected chi connectivity index (χ3v) is 3.34. The van der Waals surface area contributed by atoms with Gasteiger partial charge in [-0.3, -0.25) is 0 Å². The molecule has 6 nitrogen and oxygen atoms in total. The van der Waals surface area contributed by atoms with Crippen LogP contribution in [0, 0.1) is 0 Å². The van der Waals surface area contributed by atoms with E-state index in [2.05, 4.69) is 20.6 Å². The van der Waals surface area contributed by atoms with Gasteiger partial charge in [-0.25, -0.2) is 0 Å². The molecule has 2 rings (SSSR count). The van der Waals surface area contributed by atoms with Crippen LogP contribution in [0.15, 0.2) is 30.3 Å². The van der Waals surface area contributed by atoms with Crippen LogP contribution in [-0.2, 0) is 6.54 Å². The monoisotopic (exact) mass is 338 g/mol. The lowest BCUT2D eigenvalue weighted by Crippen LogP contribution is -2.28. The normalized spacial score (nSPS) is 9.95. The third kappa shape index (κ3) is 4.44. The number of hydrogen-bond acceptors (Lipinski definition) is 5. The van der Waals surface area contributed by atoms with E-state index in [-0.39, 0.29) is 5.95 Å². The minimum absolute atomic E-state index is 0.285. The van der Waals surface area contributed by atoms with Gasteiger partial charge >= 0.3 is 0 Å². The summed E-state index contributed by atoms with van der Waals surface area (Å²) in [7, 11) is 3.03. The zero-order chi connectivity index (χ0) is 15.9. The lowest BCUT2D eigenvalue weighted by molar-refractivity contribution is 0.373. The first-order valence-electron chi connectivity index (χ1n) is 6.37. The Morgan fingerprint density at radius 1 is 1.18 bits per heavy atom. The van der Waals surface area contributed by atoms with Gasteiger partial charge in [-0.15, -0.1) is 0 Å². The minimum Gasteiger partial charge on any atom is -0.481 e. The Bertz CT molecular complexity index is 647. The van der Waals surface area contributed by atoms with Crippen molar-refractivity contribution in [3.8, 4) is 11.8 Å². The SMILES string of the molecule is COc1cc(OC)nc(NC(=S)NCc2ccccc2Cl)n1. The molecule has 0 bridgehead atoms. The lowest BCUT2D eigenvalue weighted by Gasteiger charge is -2.11. The maximum atomic E-state index is 6.09. The molecule has 0 saturated carbocycles. The fraction of sp³-hybridized carbons (Fsp3) is 0.214. The second-order valence-electron chi connectivity index (χ2n) is 4.18. The average Bonchev–Trinajstić information content (AvgIpc) is 2.53. The fourth-order valence-electron chi connectivity index (χ4n) is 1.63. The predicted octanol–water partition coefficient (Wildman–Crippen LogP) is 2.63. The molecule has 0 fully saturated rings. The average molecular weight is 339 g/mol. The molecule has 8 heteroatoms. The highest BCUT2D eigenvalue weighted by Gasteiger charge is 2.07. The van der Waals surface area contributed by atoms with E-state index in [9.17, 15) is 0 Å². The molecule has 2 N–H and O–H groups in total. The number of methoxy groups -OCH3 is 2. The summed E-state index contributed by atoms with van der Waals surface area (Å²) in [6.45, 7) is 0.493. The van der Waals surface area contributed by atoms with E-state index in [1.54, 1.807) is 6.07 Å². The predicted molar refractivity (Wildman–Crippen MR) is 89.6 cm³/mol. The van der Waals surface area contributed by atoms with Crippen molar-refractivity contribution in [3.63, 3.8) is 0 Å². The summed E-state index contributed by atoms with van der Waals surface area (Å²) in [6, 6.07) is 9.10. The molecule has 0 unspecified atom stereocenters. The summed E-state index contributed by atoms with van der Waals surface area (Å²) in [4.78, 5) is 8.27. The van der Waals surface area contributed by atoms with Crippen LogP contribution in [0.5, 0.6) is 11.8 Å². The number of hydrogen-bond donors (Lipinski definition) is 2. The van der Waals surface area contributed by atoms with Gasteiger partial charge in [0.25, 0.3) is 0 Å². The topological polar surface area (TPSA) is 68.3 Å². The second-order valence-corrected chi connectivity index (χ2v) is 4.99. The van der Waals surface area contributed by atoms with Gasteiger partial charge in [0.1, 0.15) is 0 Å². The lowest BCUT2D eigenvalue weighted by atomic mass is 10.2. The molecule has 0 saturated heterocycles. The number of anilines is 1. The smallest absolute Gasteiger partial charge is 0.235 e. The van der Waals surface area contributed by atoms with Crippen molar-refractivity contribution >= 4 is 34.9 Å². The molecule has 0 radical (unpaired) electrons. The maximum absolute atomic E-state index is 6.09. The van der Waals surface area contributed by atoms with Gasteiger partial charge in [0.2, 0.25) is 17.7 Å². The van der Waals surface area contributed by atoms with E-state index in [1.807, 2.05) is 24.3 Å². The Kier molecular flexibility index (Phi) is 5.74. The van der Waals surface area contributed by atoms with E-state index in [1.165, 1.54) is 14.2 Å². The molecule has 0 atom stereocenters. The van der Waals surface area contributed by atoms with E-state index < -0.39 is 0 Å². The summed E-state index contributed by atoms with van der Waals surface area (Å²) >= 11 is 11.3. The van der Waals surface area contributed by atoms with Crippen LogP contribution in [0.1, 0.15) is 5.56 Å². The Hall–Kier alpha value is -2.12. The highest BCUT2D eigenvalue weighted by Crippen LogP contribution is 2.17. The largest absolute Gasteiger partial charge is 0.481 e. The van der Waals surface area contributed by atoms with Crippen LogP contribution in [0.3, 0.4) is 0 Å². The van der Waals surface area contributed by atoms with Crippen molar-refractivity contribution in [2.75, 3.05) is 19.5 Å². The van der Waals surface area contributed by atoms with Gasteiger partial charge in [-0.2, -0.15) is 9.97 Å². The minimum atomic E-state index is 0.285. The van der Waals surface area contributed by atoms with Crippen LogP contribution >= 0.6 is 23.8 Å².